The molecular formula is C24H44O5. The lowest BCUT2D eigenvalue weighted by Crippen LogP contribution is -2.25. The van der Waals surface area contributed by atoms with E-state index in [2.05, 4.69) is 6.92 Å². The minimum Gasteiger partial charge on any atom is -0.479 e. The average Bonchev–Trinajstić information content (AvgIpc) is 3.02. The van der Waals surface area contributed by atoms with Crippen LogP contribution in [0.1, 0.15) is 111 Å². The normalized spacial score (nSPS) is 20.5. The summed E-state index contributed by atoms with van der Waals surface area (Å²) >= 11 is 0. The summed E-state index contributed by atoms with van der Waals surface area (Å²) in [5.41, 5.74) is 0. The van der Waals surface area contributed by atoms with Crippen molar-refractivity contribution in [2.45, 2.75) is 123 Å². The van der Waals surface area contributed by atoms with E-state index in [0.717, 1.165) is 38.5 Å². The topological polar surface area (TPSA) is 72.8 Å². The van der Waals surface area contributed by atoms with Crippen LogP contribution < -0.4 is 0 Å². The minimum absolute atomic E-state index is 0.0192. The van der Waals surface area contributed by atoms with Gasteiger partial charge in [-0.3, -0.25) is 4.79 Å². The summed E-state index contributed by atoms with van der Waals surface area (Å²) < 4.78 is 10.6. The molecule has 1 fully saturated rings. The van der Waals surface area contributed by atoms with E-state index in [0.29, 0.717) is 18.1 Å². The Morgan fingerprint density at radius 2 is 1.66 bits per heavy atom. The molecule has 1 aliphatic carbocycles. The molecule has 170 valence electrons. The number of ketones is 1. The number of unbranched alkanes of at least 4 members (excludes halogenated alkanes) is 7. The molecule has 1 saturated carbocycles. The summed E-state index contributed by atoms with van der Waals surface area (Å²) in [5, 5.41) is 9.26. The fourth-order valence-corrected chi connectivity index (χ4v) is 4.31. The fourth-order valence-electron chi connectivity index (χ4n) is 4.31. The van der Waals surface area contributed by atoms with Crippen LogP contribution in [0.2, 0.25) is 0 Å². The van der Waals surface area contributed by atoms with E-state index < -0.39 is 12.1 Å². The molecule has 0 aliphatic heterocycles. The Labute approximate surface area is 177 Å². The lowest BCUT2D eigenvalue weighted by molar-refractivity contribution is -0.165. The highest BCUT2D eigenvalue weighted by Crippen LogP contribution is 2.36. The number of rotatable bonds is 18. The molecule has 0 aromatic rings. The van der Waals surface area contributed by atoms with Crippen molar-refractivity contribution in [1.29, 1.82) is 0 Å². The number of carbonyl (C=O) groups excluding carboxylic acids is 1. The van der Waals surface area contributed by atoms with Crippen LogP contribution in [-0.2, 0) is 19.1 Å². The van der Waals surface area contributed by atoms with Gasteiger partial charge in [-0.1, -0.05) is 64.7 Å². The summed E-state index contributed by atoms with van der Waals surface area (Å²) in [4.78, 5) is 23.6. The van der Waals surface area contributed by atoms with Crippen LogP contribution in [0.15, 0.2) is 0 Å². The number of hydrogen-bond acceptors (Lipinski definition) is 4. The molecule has 0 radical (unpaired) electrons. The Bertz CT molecular complexity index is 449. The van der Waals surface area contributed by atoms with Crippen molar-refractivity contribution in [3.63, 3.8) is 0 Å². The van der Waals surface area contributed by atoms with E-state index in [1.165, 1.54) is 44.9 Å². The highest BCUT2D eigenvalue weighted by atomic mass is 16.7. The van der Waals surface area contributed by atoms with Crippen molar-refractivity contribution >= 4 is 11.8 Å². The van der Waals surface area contributed by atoms with Crippen molar-refractivity contribution in [3.05, 3.63) is 0 Å². The van der Waals surface area contributed by atoms with Crippen LogP contribution in [0.25, 0.3) is 0 Å². The first-order valence-corrected chi connectivity index (χ1v) is 11.9. The summed E-state index contributed by atoms with van der Waals surface area (Å²) in [6.45, 7) is 6.04. The number of carbonyl (C=O) groups is 2. The smallest absolute Gasteiger partial charge is 0.332 e. The first-order valence-electron chi connectivity index (χ1n) is 11.9. The van der Waals surface area contributed by atoms with Gasteiger partial charge in [-0.2, -0.15) is 0 Å². The van der Waals surface area contributed by atoms with Gasteiger partial charge in [0.2, 0.25) is 0 Å². The molecule has 0 aromatic heterocycles. The molecule has 0 spiro atoms. The second kappa shape index (κ2) is 15.8. The number of aliphatic carboxylic acids is 1. The molecule has 0 bridgehead atoms. The van der Waals surface area contributed by atoms with Crippen molar-refractivity contribution in [2.75, 3.05) is 6.79 Å². The van der Waals surface area contributed by atoms with E-state index in [-0.39, 0.29) is 18.8 Å². The van der Waals surface area contributed by atoms with Crippen molar-refractivity contribution in [2.24, 2.45) is 11.8 Å². The molecule has 1 aliphatic rings. The number of Topliss-reactive ketones (excluding diaryl/α,β-unsaturated/α-hetero) is 1. The summed E-state index contributed by atoms with van der Waals surface area (Å²) in [6, 6.07) is 0. The number of hydrogen-bond donors (Lipinski definition) is 1. The van der Waals surface area contributed by atoms with Crippen molar-refractivity contribution < 1.29 is 24.2 Å². The largest absolute Gasteiger partial charge is 0.479 e. The highest BCUT2D eigenvalue weighted by Gasteiger charge is 2.33. The van der Waals surface area contributed by atoms with Gasteiger partial charge in [0.15, 0.2) is 6.10 Å². The molecular weight excluding hydrogens is 368 g/mol. The Morgan fingerprint density at radius 1 is 1.00 bits per heavy atom. The number of carboxylic acids is 1. The van der Waals surface area contributed by atoms with Crippen molar-refractivity contribution in [3.8, 4) is 0 Å². The van der Waals surface area contributed by atoms with Gasteiger partial charge in [-0.25, -0.2) is 4.79 Å². The van der Waals surface area contributed by atoms with Gasteiger partial charge in [-0.15, -0.1) is 0 Å². The zero-order valence-electron chi connectivity index (χ0n) is 19.0. The lowest BCUT2D eigenvalue weighted by Gasteiger charge is -2.19. The predicted octanol–water partition coefficient (Wildman–Crippen LogP) is 6.14. The van der Waals surface area contributed by atoms with Gasteiger partial charge >= 0.3 is 5.97 Å². The third kappa shape index (κ3) is 11.7. The van der Waals surface area contributed by atoms with Crippen LogP contribution >= 0.6 is 0 Å². The maximum absolute atomic E-state index is 12.3. The summed E-state index contributed by atoms with van der Waals surface area (Å²) in [7, 11) is 0. The molecule has 0 saturated heterocycles. The molecule has 5 nitrogen and oxygen atoms in total. The summed E-state index contributed by atoms with van der Waals surface area (Å²) in [5.74, 6) is 0.356. The van der Waals surface area contributed by atoms with Crippen molar-refractivity contribution in [1.82, 2.24) is 0 Å². The van der Waals surface area contributed by atoms with E-state index in [1.54, 1.807) is 0 Å². The first kappa shape index (κ1) is 26.1. The number of ether oxygens (including phenoxy) is 2. The Morgan fingerprint density at radius 3 is 2.34 bits per heavy atom. The van der Waals surface area contributed by atoms with Gasteiger partial charge in [0, 0.05) is 12.3 Å². The van der Waals surface area contributed by atoms with Gasteiger partial charge in [0.1, 0.15) is 12.6 Å². The van der Waals surface area contributed by atoms with Gasteiger partial charge in [0.05, 0.1) is 6.10 Å². The molecule has 1 rings (SSSR count). The molecule has 1 unspecified atom stereocenters. The Hall–Kier alpha value is -0.940. The summed E-state index contributed by atoms with van der Waals surface area (Å²) in [6.07, 6.45) is 14.3. The van der Waals surface area contributed by atoms with Crippen LogP contribution in [0.5, 0.6) is 0 Å². The zero-order valence-corrected chi connectivity index (χ0v) is 19.0. The third-order valence-corrected chi connectivity index (χ3v) is 6.10. The van der Waals surface area contributed by atoms with Crippen LogP contribution in [0, 0.1) is 11.8 Å². The molecule has 5 heteroatoms. The highest BCUT2D eigenvalue weighted by molar-refractivity contribution is 5.83. The molecule has 0 aromatic carbocycles. The molecule has 0 amide bonds. The van der Waals surface area contributed by atoms with E-state index in [1.807, 2.05) is 13.8 Å². The SMILES string of the molecule is CCCCCCCC[C@H]1CCC(=O)[C@@H]1CCCCCC(OCOC(C)C)C(=O)O. The van der Waals surface area contributed by atoms with E-state index in [4.69, 9.17) is 9.47 Å². The quantitative estimate of drug-likeness (QED) is 0.216. The second-order valence-electron chi connectivity index (χ2n) is 8.89. The first-order chi connectivity index (χ1) is 14.0. The Balaban J connectivity index is 2.19. The standard InChI is InChI=1S/C24H44O5/c1-4-5-6-7-8-10-13-20-16-17-22(25)21(20)14-11-9-12-15-23(24(26)27)29-18-28-19(2)3/h19-21,23H,4-18H2,1-3H3,(H,26,27)/t20-,21+,23?/m0/s1. The molecule has 1 N–H and O–H groups in total. The Kier molecular flexibility index (Phi) is 14.3. The lowest BCUT2D eigenvalue weighted by atomic mass is 9.86. The monoisotopic (exact) mass is 412 g/mol. The van der Waals surface area contributed by atoms with Crippen LogP contribution in [0.3, 0.4) is 0 Å². The fraction of sp³-hybridized carbons (Fsp3) is 0.917. The van der Waals surface area contributed by atoms with E-state index >= 15 is 0 Å². The maximum atomic E-state index is 12.3. The third-order valence-electron chi connectivity index (χ3n) is 6.10. The van der Waals surface area contributed by atoms with Gasteiger partial charge < -0.3 is 14.6 Å². The molecule has 0 heterocycles. The van der Waals surface area contributed by atoms with Crippen LogP contribution in [0.4, 0.5) is 0 Å². The molecule has 29 heavy (non-hydrogen) atoms. The van der Waals surface area contributed by atoms with Gasteiger partial charge in [0.25, 0.3) is 0 Å². The van der Waals surface area contributed by atoms with Gasteiger partial charge in [-0.05, 0) is 45.4 Å². The van der Waals surface area contributed by atoms with Crippen LogP contribution in [-0.4, -0.2) is 35.9 Å². The predicted molar refractivity (Wildman–Crippen MR) is 116 cm³/mol. The minimum atomic E-state index is -0.928. The second-order valence-corrected chi connectivity index (χ2v) is 8.89. The zero-order chi connectivity index (χ0) is 21.5. The van der Waals surface area contributed by atoms with E-state index in [9.17, 15) is 14.7 Å². The maximum Gasteiger partial charge on any atom is 0.332 e. The number of carboxylic acid groups (broad SMARTS) is 1. The average molecular weight is 413 g/mol. The molecule has 3 atom stereocenters.